The lowest BCUT2D eigenvalue weighted by atomic mass is 10.2. The molecule has 4 heteroatoms. The molecule has 0 aromatic carbocycles. The van der Waals surface area contributed by atoms with Crippen molar-refractivity contribution in [3.8, 4) is 0 Å². The normalized spacial score (nSPS) is 20.7. The molecule has 0 saturated carbocycles. The summed E-state index contributed by atoms with van der Waals surface area (Å²) < 4.78 is 2.13. The van der Waals surface area contributed by atoms with Gasteiger partial charge in [0.2, 0.25) is 0 Å². The first-order valence-corrected chi connectivity index (χ1v) is 7.22. The van der Waals surface area contributed by atoms with E-state index in [0.717, 1.165) is 32.1 Å². The van der Waals surface area contributed by atoms with Gasteiger partial charge in [-0.05, 0) is 32.4 Å². The largest absolute Gasteiger partial charge is 0.338 e. The second-order valence-electron chi connectivity index (χ2n) is 5.24. The van der Waals surface area contributed by atoms with Crippen molar-refractivity contribution in [1.82, 2.24) is 19.8 Å². The summed E-state index contributed by atoms with van der Waals surface area (Å²) in [6.07, 6.45) is 8.89. The Morgan fingerprint density at radius 2 is 2.39 bits per heavy atom. The smallest absolute Gasteiger partial charge is 0.109 e. The highest BCUT2D eigenvalue weighted by Crippen LogP contribution is 2.16. The van der Waals surface area contributed by atoms with Gasteiger partial charge in [-0.2, -0.15) is 0 Å². The van der Waals surface area contributed by atoms with Crippen LogP contribution in [0.2, 0.25) is 0 Å². The van der Waals surface area contributed by atoms with E-state index in [1.54, 1.807) is 0 Å². The van der Waals surface area contributed by atoms with Crippen molar-refractivity contribution in [3.05, 3.63) is 18.2 Å². The van der Waals surface area contributed by atoms with Crippen molar-refractivity contribution in [2.45, 2.75) is 38.6 Å². The molecule has 0 bridgehead atoms. The quantitative estimate of drug-likeness (QED) is 0.743. The van der Waals surface area contributed by atoms with Gasteiger partial charge in [0.1, 0.15) is 5.82 Å². The Hall–Kier alpha value is -0.870. The number of nitrogens with one attached hydrogen (secondary N) is 1. The molecule has 102 valence electrons. The Kier molecular flexibility index (Phi) is 5.20. The Morgan fingerprint density at radius 1 is 1.50 bits per heavy atom. The molecule has 0 radical (unpaired) electrons. The number of imidazole rings is 1. The highest BCUT2D eigenvalue weighted by atomic mass is 15.2. The van der Waals surface area contributed by atoms with Gasteiger partial charge in [0.25, 0.3) is 0 Å². The second-order valence-corrected chi connectivity index (χ2v) is 5.24. The third kappa shape index (κ3) is 3.56. The zero-order valence-electron chi connectivity index (χ0n) is 11.7. The number of rotatable bonds is 7. The van der Waals surface area contributed by atoms with Gasteiger partial charge < -0.3 is 9.88 Å². The summed E-state index contributed by atoms with van der Waals surface area (Å²) in [5.41, 5.74) is 0. The van der Waals surface area contributed by atoms with Crippen LogP contribution in [0.1, 0.15) is 32.0 Å². The van der Waals surface area contributed by atoms with Gasteiger partial charge in [0.05, 0.1) is 0 Å². The first-order chi connectivity index (χ1) is 8.81. The van der Waals surface area contributed by atoms with Crippen LogP contribution in [-0.4, -0.2) is 46.7 Å². The molecular weight excluding hydrogens is 224 g/mol. The maximum atomic E-state index is 4.40. The minimum atomic E-state index is 0.733. The Bertz CT molecular complexity index is 347. The first kappa shape index (κ1) is 13.6. The van der Waals surface area contributed by atoms with E-state index in [2.05, 4.69) is 33.7 Å². The van der Waals surface area contributed by atoms with E-state index < -0.39 is 0 Å². The molecule has 0 aliphatic carbocycles. The van der Waals surface area contributed by atoms with E-state index in [-0.39, 0.29) is 0 Å². The lowest BCUT2D eigenvalue weighted by molar-refractivity contribution is 0.248. The van der Waals surface area contributed by atoms with Crippen LogP contribution in [0.4, 0.5) is 0 Å². The number of aromatic nitrogens is 2. The number of likely N-dealkylation sites (tertiary alicyclic amines) is 1. The minimum Gasteiger partial charge on any atom is -0.338 e. The van der Waals surface area contributed by atoms with E-state index in [9.17, 15) is 0 Å². The van der Waals surface area contributed by atoms with Crippen molar-refractivity contribution >= 4 is 0 Å². The Labute approximate surface area is 110 Å². The molecule has 2 heterocycles. The summed E-state index contributed by atoms with van der Waals surface area (Å²) in [4.78, 5) is 7.02. The molecule has 1 fully saturated rings. The fourth-order valence-electron chi connectivity index (χ4n) is 2.75. The van der Waals surface area contributed by atoms with Crippen molar-refractivity contribution in [2.24, 2.45) is 7.05 Å². The molecule has 0 amide bonds. The van der Waals surface area contributed by atoms with Crippen LogP contribution >= 0.6 is 0 Å². The summed E-state index contributed by atoms with van der Waals surface area (Å²) in [5.74, 6) is 1.20. The van der Waals surface area contributed by atoms with Gasteiger partial charge in [-0.3, -0.25) is 4.90 Å². The number of nitrogens with zero attached hydrogens (tertiary/aromatic N) is 3. The third-order valence-electron chi connectivity index (χ3n) is 3.85. The van der Waals surface area contributed by atoms with Crippen LogP contribution in [0, 0.1) is 0 Å². The fourth-order valence-corrected chi connectivity index (χ4v) is 2.75. The zero-order valence-corrected chi connectivity index (χ0v) is 11.7. The highest BCUT2D eigenvalue weighted by Gasteiger charge is 2.23. The molecule has 1 aromatic heterocycles. The summed E-state index contributed by atoms with van der Waals surface area (Å²) in [6.45, 7) is 6.91. The molecule has 1 aromatic rings. The number of hydrogen-bond donors (Lipinski definition) is 1. The number of aryl methyl sites for hydroxylation is 1. The molecule has 1 saturated heterocycles. The maximum absolute atomic E-state index is 4.40. The zero-order chi connectivity index (χ0) is 12.8. The molecule has 1 aliphatic heterocycles. The SMILES string of the molecule is CCCNCC1CCCN1CCc1nccn1C. The van der Waals surface area contributed by atoms with E-state index in [1.165, 1.54) is 31.6 Å². The van der Waals surface area contributed by atoms with Crippen molar-refractivity contribution in [3.63, 3.8) is 0 Å². The molecule has 2 rings (SSSR count). The van der Waals surface area contributed by atoms with Gasteiger partial charge in [0, 0.05) is 45.0 Å². The average molecular weight is 250 g/mol. The topological polar surface area (TPSA) is 33.1 Å². The summed E-state index contributed by atoms with van der Waals surface area (Å²) >= 11 is 0. The lowest BCUT2D eigenvalue weighted by Crippen LogP contribution is -2.39. The Morgan fingerprint density at radius 3 is 3.11 bits per heavy atom. The van der Waals surface area contributed by atoms with Crippen LogP contribution in [0.3, 0.4) is 0 Å². The van der Waals surface area contributed by atoms with E-state index in [4.69, 9.17) is 0 Å². The molecule has 18 heavy (non-hydrogen) atoms. The second kappa shape index (κ2) is 6.90. The molecule has 0 spiro atoms. The molecule has 4 nitrogen and oxygen atoms in total. The van der Waals surface area contributed by atoms with Crippen LogP contribution in [-0.2, 0) is 13.5 Å². The fraction of sp³-hybridized carbons (Fsp3) is 0.786. The summed E-state index contributed by atoms with van der Waals surface area (Å²) in [6, 6.07) is 0.733. The maximum Gasteiger partial charge on any atom is 0.109 e. The van der Waals surface area contributed by atoms with Gasteiger partial charge in [-0.1, -0.05) is 6.92 Å². The van der Waals surface area contributed by atoms with E-state index in [0.29, 0.717) is 0 Å². The third-order valence-corrected chi connectivity index (χ3v) is 3.85. The first-order valence-electron chi connectivity index (χ1n) is 7.22. The van der Waals surface area contributed by atoms with Crippen LogP contribution in [0.25, 0.3) is 0 Å². The lowest BCUT2D eigenvalue weighted by Gasteiger charge is -2.24. The Balaban J connectivity index is 1.75. The molecule has 1 atom stereocenters. The van der Waals surface area contributed by atoms with E-state index >= 15 is 0 Å². The predicted octanol–water partition coefficient (Wildman–Crippen LogP) is 1.43. The minimum absolute atomic E-state index is 0.733. The summed E-state index contributed by atoms with van der Waals surface area (Å²) in [7, 11) is 2.08. The molecule has 1 aliphatic rings. The average Bonchev–Trinajstić information content (AvgIpc) is 2.96. The van der Waals surface area contributed by atoms with Gasteiger partial charge in [-0.25, -0.2) is 4.98 Å². The van der Waals surface area contributed by atoms with Crippen LogP contribution in [0.15, 0.2) is 12.4 Å². The van der Waals surface area contributed by atoms with Gasteiger partial charge >= 0.3 is 0 Å². The van der Waals surface area contributed by atoms with Crippen LogP contribution in [0.5, 0.6) is 0 Å². The van der Waals surface area contributed by atoms with E-state index in [1.807, 2.05) is 12.4 Å². The van der Waals surface area contributed by atoms with Gasteiger partial charge in [-0.15, -0.1) is 0 Å². The van der Waals surface area contributed by atoms with Crippen LogP contribution < -0.4 is 5.32 Å². The highest BCUT2D eigenvalue weighted by molar-refractivity contribution is 4.93. The van der Waals surface area contributed by atoms with Crippen molar-refractivity contribution < 1.29 is 0 Å². The monoisotopic (exact) mass is 250 g/mol. The molecule has 1 unspecified atom stereocenters. The van der Waals surface area contributed by atoms with Gasteiger partial charge in [0.15, 0.2) is 0 Å². The standard InChI is InChI=1S/C14H26N4/c1-3-7-15-12-13-5-4-9-18(13)10-6-14-16-8-11-17(14)2/h8,11,13,15H,3-7,9-10,12H2,1-2H3. The van der Waals surface area contributed by atoms with Crippen molar-refractivity contribution in [2.75, 3.05) is 26.2 Å². The van der Waals surface area contributed by atoms with Crippen molar-refractivity contribution in [1.29, 1.82) is 0 Å². The number of hydrogen-bond acceptors (Lipinski definition) is 3. The molecule has 1 N–H and O–H groups in total. The summed E-state index contributed by atoms with van der Waals surface area (Å²) in [5, 5.41) is 3.55. The predicted molar refractivity (Wildman–Crippen MR) is 74.7 cm³/mol. The molecular formula is C14H26N4.